The summed E-state index contributed by atoms with van der Waals surface area (Å²) < 4.78 is 13.6. The highest BCUT2D eigenvalue weighted by atomic mass is 19.1. The summed E-state index contributed by atoms with van der Waals surface area (Å²) in [7, 11) is 1.99. The Balaban J connectivity index is 2.17. The summed E-state index contributed by atoms with van der Waals surface area (Å²) in [6, 6.07) is 5.85. The Morgan fingerprint density at radius 1 is 1.43 bits per heavy atom. The number of anilines is 1. The number of nitrogens with zero attached hydrogens (tertiary/aromatic N) is 1. The van der Waals surface area contributed by atoms with E-state index in [-0.39, 0.29) is 5.82 Å². The summed E-state index contributed by atoms with van der Waals surface area (Å²) in [6.07, 6.45) is 0. The maximum Gasteiger partial charge on any atom is 0.146 e. The molecule has 2 heterocycles. The van der Waals surface area contributed by atoms with E-state index in [9.17, 15) is 4.39 Å². The number of rotatable bonds is 0. The summed E-state index contributed by atoms with van der Waals surface area (Å²) in [6.45, 7) is 1.95. The van der Waals surface area contributed by atoms with Gasteiger partial charge in [0.25, 0.3) is 0 Å². The van der Waals surface area contributed by atoms with Crippen LogP contribution < -0.4 is 10.2 Å². The van der Waals surface area contributed by atoms with Crippen molar-refractivity contribution in [2.45, 2.75) is 12.0 Å². The van der Waals surface area contributed by atoms with Crippen LogP contribution in [-0.2, 0) is 0 Å². The molecule has 74 valence electrons. The van der Waals surface area contributed by atoms with Gasteiger partial charge in [0.15, 0.2) is 0 Å². The molecule has 0 amide bonds. The monoisotopic (exact) mass is 192 g/mol. The van der Waals surface area contributed by atoms with Crippen LogP contribution in [0.2, 0.25) is 0 Å². The fourth-order valence-electron chi connectivity index (χ4n) is 2.76. The lowest BCUT2D eigenvalue weighted by molar-refractivity contribution is 0.616. The zero-order valence-electron chi connectivity index (χ0n) is 8.13. The van der Waals surface area contributed by atoms with E-state index >= 15 is 0 Å². The van der Waals surface area contributed by atoms with Crippen LogP contribution in [0.4, 0.5) is 10.1 Å². The Bertz CT molecular complexity index is 378. The Hall–Kier alpha value is -1.09. The third-order valence-electron chi connectivity index (χ3n) is 3.45. The summed E-state index contributed by atoms with van der Waals surface area (Å²) in [5.74, 6) is 0.394. The van der Waals surface area contributed by atoms with Gasteiger partial charge in [0, 0.05) is 32.1 Å². The van der Waals surface area contributed by atoms with E-state index < -0.39 is 0 Å². The van der Waals surface area contributed by atoms with Crippen molar-refractivity contribution in [1.29, 1.82) is 0 Å². The van der Waals surface area contributed by atoms with E-state index in [0.717, 1.165) is 18.8 Å². The zero-order chi connectivity index (χ0) is 9.71. The molecule has 0 spiro atoms. The molecule has 2 unspecified atom stereocenters. The number of fused-ring (bicyclic) bond motifs is 3. The normalized spacial score (nSPS) is 29.1. The van der Waals surface area contributed by atoms with Crippen LogP contribution in [0.15, 0.2) is 18.2 Å². The van der Waals surface area contributed by atoms with Crippen molar-refractivity contribution in [2.75, 3.05) is 25.0 Å². The molecule has 1 aromatic carbocycles. The topological polar surface area (TPSA) is 15.3 Å². The molecule has 0 aromatic heterocycles. The van der Waals surface area contributed by atoms with Crippen LogP contribution in [0.3, 0.4) is 0 Å². The van der Waals surface area contributed by atoms with Gasteiger partial charge in [-0.3, -0.25) is 0 Å². The fourth-order valence-corrected chi connectivity index (χ4v) is 2.76. The molecule has 1 aromatic rings. The second-order valence-corrected chi connectivity index (χ2v) is 4.12. The minimum Gasteiger partial charge on any atom is -0.367 e. The number of benzene rings is 1. The number of nitrogens with one attached hydrogen (secondary N) is 1. The molecule has 1 N–H and O–H groups in total. The molecule has 0 bridgehead atoms. The third kappa shape index (κ3) is 0.879. The highest BCUT2D eigenvalue weighted by Crippen LogP contribution is 2.42. The minimum atomic E-state index is -0.0839. The van der Waals surface area contributed by atoms with Gasteiger partial charge in [-0.05, 0) is 11.6 Å². The fraction of sp³-hybridized carbons (Fsp3) is 0.455. The second-order valence-electron chi connectivity index (χ2n) is 4.12. The first-order chi connectivity index (χ1) is 6.79. The highest BCUT2D eigenvalue weighted by molar-refractivity contribution is 5.63. The maximum absolute atomic E-state index is 13.6. The molecule has 0 saturated carbocycles. The van der Waals surface area contributed by atoms with Gasteiger partial charge in [0.2, 0.25) is 0 Å². The average molecular weight is 192 g/mol. The standard InChI is InChI=1S/C11H13FN2/c1-14-10-6-13-5-8(10)7-3-2-4-9(12)11(7)14/h2-4,8,10,13H,5-6H2,1H3. The molecular weight excluding hydrogens is 179 g/mol. The van der Waals surface area contributed by atoms with Gasteiger partial charge in [0.1, 0.15) is 5.82 Å². The van der Waals surface area contributed by atoms with Crippen molar-refractivity contribution in [1.82, 2.24) is 5.32 Å². The molecule has 3 heteroatoms. The van der Waals surface area contributed by atoms with Crippen LogP contribution in [0.5, 0.6) is 0 Å². The lowest BCUT2D eigenvalue weighted by Gasteiger charge is -2.20. The van der Waals surface area contributed by atoms with Crippen molar-refractivity contribution in [2.24, 2.45) is 0 Å². The molecule has 0 aliphatic carbocycles. The van der Waals surface area contributed by atoms with Crippen LogP contribution in [0, 0.1) is 5.82 Å². The molecular formula is C11H13FN2. The third-order valence-corrected chi connectivity index (χ3v) is 3.45. The average Bonchev–Trinajstić information content (AvgIpc) is 2.71. The Labute approximate surface area is 82.7 Å². The molecule has 0 radical (unpaired) electrons. The quantitative estimate of drug-likeness (QED) is 0.667. The highest BCUT2D eigenvalue weighted by Gasteiger charge is 2.40. The zero-order valence-corrected chi connectivity index (χ0v) is 8.13. The Kier molecular flexibility index (Phi) is 1.59. The molecule has 1 saturated heterocycles. The van der Waals surface area contributed by atoms with E-state index in [1.807, 2.05) is 19.2 Å². The van der Waals surface area contributed by atoms with E-state index in [1.165, 1.54) is 5.56 Å². The first kappa shape index (κ1) is 8.24. The van der Waals surface area contributed by atoms with E-state index in [4.69, 9.17) is 0 Å². The van der Waals surface area contributed by atoms with Gasteiger partial charge in [-0.15, -0.1) is 0 Å². The smallest absolute Gasteiger partial charge is 0.146 e. The Morgan fingerprint density at radius 3 is 3.14 bits per heavy atom. The number of hydrogen-bond acceptors (Lipinski definition) is 2. The van der Waals surface area contributed by atoms with Gasteiger partial charge >= 0.3 is 0 Å². The number of hydrogen-bond donors (Lipinski definition) is 1. The molecule has 2 nitrogen and oxygen atoms in total. The van der Waals surface area contributed by atoms with Crippen molar-refractivity contribution in [3.8, 4) is 0 Å². The SMILES string of the molecule is CN1c2c(F)cccc2C2CNCC21. The van der Waals surface area contributed by atoms with Crippen molar-refractivity contribution in [3.63, 3.8) is 0 Å². The van der Waals surface area contributed by atoms with Crippen LogP contribution in [0.1, 0.15) is 11.5 Å². The molecule has 14 heavy (non-hydrogen) atoms. The predicted octanol–water partition coefficient (Wildman–Crippen LogP) is 1.33. The number of para-hydroxylation sites is 1. The van der Waals surface area contributed by atoms with Crippen molar-refractivity contribution >= 4 is 5.69 Å². The summed E-state index contributed by atoms with van der Waals surface area (Å²) in [5.41, 5.74) is 1.98. The molecule has 1 fully saturated rings. The maximum atomic E-state index is 13.6. The molecule has 2 aliphatic heterocycles. The van der Waals surface area contributed by atoms with Gasteiger partial charge in [-0.1, -0.05) is 12.1 Å². The lowest BCUT2D eigenvalue weighted by Crippen LogP contribution is -2.31. The molecule has 2 aliphatic rings. The van der Waals surface area contributed by atoms with E-state index in [1.54, 1.807) is 6.07 Å². The van der Waals surface area contributed by atoms with Crippen LogP contribution in [-0.4, -0.2) is 26.2 Å². The summed E-state index contributed by atoms with van der Waals surface area (Å²) in [5, 5.41) is 3.35. The van der Waals surface area contributed by atoms with Crippen molar-refractivity contribution in [3.05, 3.63) is 29.6 Å². The van der Waals surface area contributed by atoms with Gasteiger partial charge in [-0.25, -0.2) is 4.39 Å². The molecule has 2 atom stereocenters. The van der Waals surface area contributed by atoms with E-state index in [0.29, 0.717) is 12.0 Å². The second kappa shape index (κ2) is 2.70. The number of likely N-dealkylation sites (N-methyl/N-ethyl adjacent to an activating group) is 1. The first-order valence-corrected chi connectivity index (χ1v) is 5.01. The minimum absolute atomic E-state index is 0.0839. The van der Waals surface area contributed by atoms with Gasteiger partial charge in [-0.2, -0.15) is 0 Å². The first-order valence-electron chi connectivity index (χ1n) is 5.01. The molecule has 3 rings (SSSR count). The summed E-state index contributed by atoms with van der Waals surface area (Å²) in [4.78, 5) is 2.08. The largest absolute Gasteiger partial charge is 0.367 e. The van der Waals surface area contributed by atoms with Crippen LogP contribution >= 0.6 is 0 Å². The van der Waals surface area contributed by atoms with Gasteiger partial charge in [0.05, 0.1) is 5.69 Å². The lowest BCUT2D eigenvalue weighted by atomic mass is 9.98. The predicted molar refractivity (Wildman–Crippen MR) is 54.2 cm³/mol. The van der Waals surface area contributed by atoms with Crippen molar-refractivity contribution < 1.29 is 4.39 Å². The van der Waals surface area contributed by atoms with Gasteiger partial charge < -0.3 is 10.2 Å². The van der Waals surface area contributed by atoms with Crippen LogP contribution in [0.25, 0.3) is 0 Å². The summed E-state index contributed by atoms with van der Waals surface area (Å²) >= 11 is 0. The Morgan fingerprint density at radius 2 is 2.29 bits per heavy atom. The number of halogens is 1. The van der Waals surface area contributed by atoms with E-state index in [2.05, 4.69) is 10.2 Å².